The highest BCUT2D eigenvalue weighted by Crippen LogP contribution is 2.34. The topological polar surface area (TPSA) is 48.1 Å². The van der Waals surface area contributed by atoms with Crippen LogP contribution in [0, 0.1) is 0 Å². The third-order valence-electron chi connectivity index (χ3n) is 2.33. The number of halogens is 2. The van der Waals surface area contributed by atoms with Gasteiger partial charge in [0.2, 0.25) is 5.88 Å². The Hall–Kier alpha value is -1.45. The van der Waals surface area contributed by atoms with E-state index in [1.54, 1.807) is 18.3 Å². The second kappa shape index (κ2) is 4.82. The number of rotatable bonds is 2. The number of ether oxygens (including phenoxy) is 1. The maximum Gasteiger partial charge on any atom is 0.236 e. The van der Waals surface area contributed by atoms with Gasteiger partial charge < -0.3 is 10.5 Å². The second-order valence-electron chi connectivity index (χ2n) is 3.42. The summed E-state index contributed by atoms with van der Waals surface area (Å²) in [5, 5.41) is 0.985. The van der Waals surface area contributed by atoms with Gasteiger partial charge in [0.05, 0.1) is 22.8 Å². The fourth-order valence-electron chi connectivity index (χ4n) is 1.51. The standard InChI is InChI=1S/C12H10Cl2N2O/c1-17-12-10(15)5-7(6-16-12)8-3-2-4-9(13)11(8)14/h2-6H,15H2,1H3. The molecule has 0 fully saturated rings. The molecule has 88 valence electrons. The monoisotopic (exact) mass is 268 g/mol. The molecule has 2 N–H and O–H groups in total. The minimum absolute atomic E-state index is 0.395. The van der Waals surface area contributed by atoms with Crippen LogP contribution in [0.25, 0.3) is 11.1 Å². The molecule has 0 saturated heterocycles. The van der Waals surface area contributed by atoms with E-state index in [0.717, 1.165) is 11.1 Å². The van der Waals surface area contributed by atoms with Gasteiger partial charge in [-0.3, -0.25) is 0 Å². The van der Waals surface area contributed by atoms with Crippen molar-refractivity contribution in [2.45, 2.75) is 0 Å². The Morgan fingerprint density at radius 3 is 2.71 bits per heavy atom. The predicted octanol–water partition coefficient (Wildman–Crippen LogP) is 3.65. The van der Waals surface area contributed by atoms with Gasteiger partial charge in [-0.1, -0.05) is 35.3 Å². The van der Waals surface area contributed by atoms with Crippen LogP contribution < -0.4 is 10.5 Å². The van der Waals surface area contributed by atoms with Crippen LogP contribution >= 0.6 is 23.2 Å². The fourth-order valence-corrected chi connectivity index (χ4v) is 1.92. The normalized spacial score (nSPS) is 10.3. The largest absolute Gasteiger partial charge is 0.480 e. The third-order valence-corrected chi connectivity index (χ3v) is 3.15. The number of hydrogen-bond donors (Lipinski definition) is 1. The van der Waals surface area contributed by atoms with Gasteiger partial charge in [0, 0.05) is 17.3 Å². The Kier molecular flexibility index (Phi) is 3.41. The Morgan fingerprint density at radius 2 is 2.06 bits per heavy atom. The summed E-state index contributed by atoms with van der Waals surface area (Å²) in [4.78, 5) is 4.09. The first-order valence-electron chi connectivity index (χ1n) is 4.87. The van der Waals surface area contributed by atoms with Crippen LogP contribution in [-0.4, -0.2) is 12.1 Å². The molecule has 0 aliphatic carbocycles. The van der Waals surface area contributed by atoms with Crippen molar-refractivity contribution in [2.24, 2.45) is 0 Å². The lowest BCUT2D eigenvalue weighted by molar-refractivity contribution is 0.400. The van der Waals surface area contributed by atoms with E-state index >= 15 is 0 Å². The molecular formula is C12H10Cl2N2O. The first-order chi connectivity index (χ1) is 8.13. The molecule has 0 amide bonds. The summed E-state index contributed by atoms with van der Waals surface area (Å²) in [6, 6.07) is 7.16. The first-order valence-corrected chi connectivity index (χ1v) is 5.63. The van der Waals surface area contributed by atoms with Crippen molar-refractivity contribution in [3.63, 3.8) is 0 Å². The predicted molar refractivity (Wildman–Crippen MR) is 70.7 cm³/mol. The molecule has 0 atom stereocenters. The van der Waals surface area contributed by atoms with Gasteiger partial charge in [0.15, 0.2) is 0 Å². The van der Waals surface area contributed by atoms with E-state index in [-0.39, 0.29) is 0 Å². The first kappa shape index (κ1) is 12.0. The zero-order valence-electron chi connectivity index (χ0n) is 9.08. The van der Waals surface area contributed by atoms with Gasteiger partial charge in [0.25, 0.3) is 0 Å². The van der Waals surface area contributed by atoms with Gasteiger partial charge in [0.1, 0.15) is 0 Å². The van der Waals surface area contributed by atoms with E-state index < -0.39 is 0 Å². The van der Waals surface area contributed by atoms with Crippen LogP contribution in [-0.2, 0) is 0 Å². The van der Waals surface area contributed by atoms with E-state index in [1.807, 2.05) is 12.1 Å². The minimum Gasteiger partial charge on any atom is -0.480 e. The smallest absolute Gasteiger partial charge is 0.236 e. The van der Waals surface area contributed by atoms with Crippen molar-refractivity contribution < 1.29 is 4.74 Å². The molecule has 1 aromatic heterocycles. The SMILES string of the molecule is COc1ncc(-c2cccc(Cl)c2Cl)cc1N. The molecule has 17 heavy (non-hydrogen) atoms. The van der Waals surface area contributed by atoms with Gasteiger partial charge in [-0.2, -0.15) is 0 Å². The zero-order valence-corrected chi connectivity index (χ0v) is 10.6. The van der Waals surface area contributed by atoms with E-state index in [0.29, 0.717) is 21.6 Å². The molecule has 1 aromatic carbocycles. The summed E-state index contributed by atoms with van der Waals surface area (Å²) < 4.78 is 4.99. The van der Waals surface area contributed by atoms with Crippen molar-refractivity contribution in [2.75, 3.05) is 12.8 Å². The van der Waals surface area contributed by atoms with E-state index in [1.165, 1.54) is 7.11 Å². The van der Waals surface area contributed by atoms with Gasteiger partial charge in [-0.15, -0.1) is 0 Å². The maximum absolute atomic E-state index is 6.12. The zero-order chi connectivity index (χ0) is 12.4. The third kappa shape index (κ3) is 2.30. The van der Waals surface area contributed by atoms with Crippen LogP contribution in [0.15, 0.2) is 30.5 Å². The summed E-state index contributed by atoms with van der Waals surface area (Å²) in [5.41, 5.74) is 7.85. The number of nitrogens with zero attached hydrogens (tertiary/aromatic N) is 1. The molecular weight excluding hydrogens is 259 g/mol. The van der Waals surface area contributed by atoms with Gasteiger partial charge in [-0.05, 0) is 12.1 Å². The number of aromatic nitrogens is 1. The second-order valence-corrected chi connectivity index (χ2v) is 4.21. The number of methoxy groups -OCH3 is 1. The fraction of sp³-hybridized carbons (Fsp3) is 0.0833. The van der Waals surface area contributed by atoms with Crippen LogP contribution in [0.2, 0.25) is 10.0 Å². The van der Waals surface area contributed by atoms with Crippen LogP contribution in [0.3, 0.4) is 0 Å². The molecule has 0 radical (unpaired) electrons. The maximum atomic E-state index is 6.12. The molecule has 0 bridgehead atoms. The highest BCUT2D eigenvalue weighted by atomic mass is 35.5. The summed E-state index contributed by atoms with van der Waals surface area (Å²) in [7, 11) is 1.52. The summed E-state index contributed by atoms with van der Waals surface area (Å²) in [6.07, 6.45) is 1.65. The van der Waals surface area contributed by atoms with Gasteiger partial charge in [-0.25, -0.2) is 4.98 Å². The molecule has 0 aliphatic rings. The molecule has 0 unspecified atom stereocenters. The number of pyridine rings is 1. The molecule has 2 rings (SSSR count). The molecule has 2 aromatic rings. The van der Waals surface area contributed by atoms with Crippen molar-refractivity contribution >= 4 is 28.9 Å². The van der Waals surface area contributed by atoms with Crippen molar-refractivity contribution in [1.82, 2.24) is 4.98 Å². The lowest BCUT2D eigenvalue weighted by atomic mass is 10.1. The average Bonchev–Trinajstić information content (AvgIpc) is 2.32. The molecule has 0 saturated carbocycles. The number of nitrogen functional groups attached to an aromatic ring is 1. The van der Waals surface area contributed by atoms with E-state index in [9.17, 15) is 0 Å². The molecule has 5 heteroatoms. The van der Waals surface area contributed by atoms with Gasteiger partial charge >= 0.3 is 0 Å². The van der Waals surface area contributed by atoms with Crippen LogP contribution in [0.5, 0.6) is 5.88 Å². The highest BCUT2D eigenvalue weighted by Gasteiger charge is 2.09. The number of anilines is 1. The number of benzene rings is 1. The highest BCUT2D eigenvalue weighted by molar-refractivity contribution is 6.43. The average molecular weight is 269 g/mol. The molecule has 0 aliphatic heterocycles. The Morgan fingerprint density at radius 1 is 1.29 bits per heavy atom. The summed E-state index contributed by atoms with van der Waals surface area (Å²) in [6.45, 7) is 0. The molecule has 1 heterocycles. The summed E-state index contributed by atoms with van der Waals surface area (Å²) in [5.74, 6) is 0.395. The Bertz CT molecular complexity index is 558. The minimum atomic E-state index is 0.395. The number of nitrogens with two attached hydrogens (primary N) is 1. The number of hydrogen-bond acceptors (Lipinski definition) is 3. The summed E-state index contributed by atoms with van der Waals surface area (Å²) >= 11 is 12.1. The Balaban J connectivity index is 2.54. The van der Waals surface area contributed by atoms with Crippen molar-refractivity contribution in [1.29, 1.82) is 0 Å². The quantitative estimate of drug-likeness (QED) is 0.905. The molecule has 0 spiro atoms. The Labute approximate surface area is 109 Å². The van der Waals surface area contributed by atoms with Crippen LogP contribution in [0.4, 0.5) is 5.69 Å². The lowest BCUT2D eigenvalue weighted by Gasteiger charge is -2.08. The van der Waals surface area contributed by atoms with E-state index in [4.69, 9.17) is 33.7 Å². The van der Waals surface area contributed by atoms with Crippen molar-refractivity contribution in [3.05, 3.63) is 40.5 Å². The molecule has 3 nitrogen and oxygen atoms in total. The van der Waals surface area contributed by atoms with Crippen LogP contribution in [0.1, 0.15) is 0 Å². The lowest BCUT2D eigenvalue weighted by Crippen LogP contribution is -1.95. The van der Waals surface area contributed by atoms with Crippen molar-refractivity contribution in [3.8, 4) is 17.0 Å². The van der Waals surface area contributed by atoms with E-state index in [2.05, 4.69) is 4.98 Å².